The molecule has 22 heavy (non-hydrogen) atoms. The maximum absolute atomic E-state index is 12.9. The number of nitrogens with zero attached hydrogens (tertiary/aromatic N) is 1. The quantitative estimate of drug-likeness (QED) is 0.630. The van der Waals surface area contributed by atoms with Crippen LogP contribution in [0.15, 0.2) is 52.0 Å². The van der Waals surface area contributed by atoms with E-state index in [4.69, 9.17) is 10.5 Å². The molecule has 2 amide bonds. The SMILES string of the molecule is NC(=O)N/N=C/c1cc(Br)ccc1OCc1ccc(F)cc1. The van der Waals surface area contributed by atoms with Crippen LogP contribution in [0.2, 0.25) is 0 Å². The first-order valence-electron chi connectivity index (χ1n) is 6.30. The van der Waals surface area contributed by atoms with E-state index >= 15 is 0 Å². The molecule has 0 bridgehead atoms. The van der Waals surface area contributed by atoms with Crippen molar-refractivity contribution in [1.29, 1.82) is 0 Å². The number of carbonyl (C=O) groups is 1. The fourth-order valence-electron chi connectivity index (χ4n) is 1.66. The molecular formula is C15H13BrFN3O2. The zero-order chi connectivity index (χ0) is 15.9. The molecule has 0 aliphatic rings. The van der Waals surface area contributed by atoms with Gasteiger partial charge < -0.3 is 10.5 Å². The van der Waals surface area contributed by atoms with Crippen LogP contribution in [0.1, 0.15) is 11.1 Å². The molecule has 0 aliphatic heterocycles. The Bertz CT molecular complexity index is 690. The second kappa shape index (κ2) is 7.56. The number of hydrazone groups is 1. The van der Waals surface area contributed by atoms with Gasteiger partial charge in [-0.1, -0.05) is 28.1 Å². The smallest absolute Gasteiger partial charge is 0.332 e. The molecule has 0 aliphatic carbocycles. The van der Waals surface area contributed by atoms with Crippen LogP contribution in [0.5, 0.6) is 5.75 Å². The second-order valence-electron chi connectivity index (χ2n) is 4.33. The summed E-state index contributed by atoms with van der Waals surface area (Å²) in [5.74, 6) is 0.278. The fourth-order valence-corrected chi connectivity index (χ4v) is 2.04. The number of hydrogen-bond acceptors (Lipinski definition) is 3. The Labute approximate surface area is 135 Å². The van der Waals surface area contributed by atoms with Gasteiger partial charge in [0.2, 0.25) is 0 Å². The summed E-state index contributed by atoms with van der Waals surface area (Å²) >= 11 is 3.35. The largest absolute Gasteiger partial charge is 0.488 e. The van der Waals surface area contributed by atoms with Crippen molar-refractivity contribution in [3.8, 4) is 5.75 Å². The molecule has 0 fully saturated rings. The van der Waals surface area contributed by atoms with Crippen LogP contribution in [-0.2, 0) is 6.61 Å². The standard InChI is InChI=1S/C15H13BrFN3O2/c16-12-3-6-14(11(7-12)8-19-20-15(18)21)22-9-10-1-4-13(17)5-2-10/h1-8H,9H2,(H3,18,20,21)/b19-8+. The van der Waals surface area contributed by atoms with Crippen molar-refractivity contribution in [2.45, 2.75) is 6.61 Å². The first-order valence-corrected chi connectivity index (χ1v) is 7.09. The molecule has 0 radical (unpaired) electrons. The number of nitrogens with two attached hydrogens (primary N) is 1. The Kier molecular flexibility index (Phi) is 5.48. The highest BCUT2D eigenvalue weighted by atomic mass is 79.9. The lowest BCUT2D eigenvalue weighted by Gasteiger charge is -2.09. The Morgan fingerprint density at radius 1 is 1.32 bits per heavy atom. The van der Waals surface area contributed by atoms with Gasteiger partial charge in [0.1, 0.15) is 18.2 Å². The van der Waals surface area contributed by atoms with Gasteiger partial charge in [0.15, 0.2) is 0 Å². The van der Waals surface area contributed by atoms with E-state index in [1.165, 1.54) is 18.3 Å². The van der Waals surface area contributed by atoms with E-state index in [2.05, 4.69) is 26.5 Å². The number of nitrogens with one attached hydrogen (secondary N) is 1. The molecule has 2 aromatic rings. The number of hydrogen-bond donors (Lipinski definition) is 2. The molecule has 0 saturated carbocycles. The van der Waals surface area contributed by atoms with Gasteiger partial charge in [-0.25, -0.2) is 14.6 Å². The van der Waals surface area contributed by atoms with Gasteiger partial charge in [-0.3, -0.25) is 0 Å². The molecule has 5 nitrogen and oxygen atoms in total. The summed E-state index contributed by atoms with van der Waals surface area (Å²) < 4.78 is 19.4. The van der Waals surface area contributed by atoms with E-state index in [0.29, 0.717) is 11.3 Å². The van der Waals surface area contributed by atoms with Gasteiger partial charge in [0.25, 0.3) is 0 Å². The molecule has 0 saturated heterocycles. The molecule has 2 aromatic carbocycles. The molecule has 0 heterocycles. The molecule has 0 unspecified atom stereocenters. The Morgan fingerprint density at radius 3 is 2.73 bits per heavy atom. The fraction of sp³-hybridized carbons (Fsp3) is 0.0667. The molecule has 0 atom stereocenters. The van der Waals surface area contributed by atoms with E-state index in [0.717, 1.165) is 10.0 Å². The summed E-state index contributed by atoms with van der Waals surface area (Å²) in [4.78, 5) is 10.6. The van der Waals surface area contributed by atoms with Gasteiger partial charge in [0, 0.05) is 10.0 Å². The average Bonchev–Trinajstić information content (AvgIpc) is 2.48. The van der Waals surface area contributed by atoms with Crippen molar-refractivity contribution in [1.82, 2.24) is 5.43 Å². The summed E-state index contributed by atoms with van der Waals surface area (Å²) in [7, 11) is 0. The lowest BCUT2D eigenvalue weighted by atomic mass is 10.2. The van der Waals surface area contributed by atoms with E-state index in [1.54, 1.807) is 24.3 Å². The second-order valence-corrected chi connectivity index (χ2v) is 5.25. The highest BCUT2D eigenvalue weighted by Gasteiger charge is 2.04. The minimum absolute atomic E-state index is 0.284. The van der Waals surface area contributed by atoms with Crippen molar-refractivity contribution in [3.05, 3.63) is 63.9 Å². The van der Waals surface area contributed by atoms with Crippen molar-refractivity contribution in [2.75, 3.05) is 0 Å². The summed E-state index contributed by atoms with van der Waals surface area (Å²) in [5, 5.41) is 3.71. The van der Waals surface area contributed by atoms with Gasteiger partial charge in [0.05, 0.1) is 6.21 Å². The van der Waals surface area contributed by atoms with Gasteiger partial charge in [-0.05, 0) is 35.9 Å². The molecule has 0 spiro atoms. The van der Waals surface area contributed by atoms with E-state index in [9.17, 15) is 9.18 Å². The number of primary amides is 1. The summed E-state index contributed by atoms with van der Waals surface area (Å²) in [6.07, 6.45) is 1.43. The van der Waals surface area contributed by atoms with Crippen molar-refractivity contribution < 1.29 is 13.9 Å². The zero-order valence-electron chi connectivity index (χ0n) is 11.4. The third-order valence-corrected chi connectivity index (χ3v) is 3.15. The average molecular weight is 366 g/mol. The van der Waals surface area contributed by atoms with Crippen LogP contribution < -0.4 is 15.9 Å². The Morgan fingerprint density at radius 2 is 2.05 bits per heavy atom. The number of urea groups is 1. The van der Waals surface area contributed by atoms with Gasteiger partial charge >= 0.3 is 6.03 Å². The van der Waals surface area contributed by atoms with Crippen LogP contribution in [0.4, 0.5) is 9.18 Å². The summed E-state index contributed by atoms with van der Waals surface area (Å²) in [5.41, 5.74) is 8.55. The minimum Gasteiger partial charge on any atom is -0.488 e. The number of carbonyl (C=O) groups excluding carboxylic acids is 1. The van der Waals surface area contributed by atoms with Gasteiger partial charge in [-0.15, -0.1) is 0 Å². The van der Waals surface area contributed by atoms with Crippen molar-refractivity contribution in [2.24, 2.45) is 10.8 Å². The van der Waals surface area contributed by atoms with Crippen LogP contribution in [0, 0.1) is 5.82 Å². The number of ether oxygens (including phenoxy) is 1. The lowest BCUT2D eigenvalue weighted by molar-refractivity contribution is 0.249. The normalized spacial score (nSPS) is 10.6. The zero-order valence-corrected chi connectivity index (χ0v) is 13.0. The first-order chi connectivity index (χ1) is 10.5. The maximum atomic E-state index is 12.9. The highest BCUT2D eigenvalue weighted by molar-refractivity contribution is 9.10. The number of amides is 2. The van der Waals surface area contributed by atoms with Crippen LogP contribution in [-0.4, -0.2) is 12.2 Å². The van der Waals surface area contributed by atoms with Crippen LogP contribution >= 0.6 is 15.9 Å². The third kappa shape index (κ3) is 4.85. The third-order valence-electron chi connectivity index (χ3n) is 2.66. The maximum Gasteiger partial charge on any atom is 0.332 e. The van der Waals surface area contributed by atoms with Crippen molar-refractivity contribution >= 4 is 28.2 Å². The molecule has 114 valence electrons. The predicted molar refractivity (Wildman–Crippen MR) is 85.2 cm³/mol. The van der Waals surface area contributed by atoms with E-state index < -0.39 is 6.03 Å². The first kappa shape index (κ1) is 16.0. The molecular weight excluding hydrogens is 353 g/mol. The van der Waals surface area contributed by atoms with Gasteiger partial charge in [-0.2, -0.15) is 5.10 Å². The Balaban J connectivity index is 2.10. The van der Waals surface area contributed by atoms with Crippen LogP contribution in [0.3, 0.4) is 0 Å². The molecule has 0 aromatic heterocycles. The van der Waals surface area contributed by atoms with E-state index in [1.807, 2.05) is 6.07 Å². The number of benzene rings is 2. The monoisotopic (exact) mass is 365 g/mol. The summed E-state index contributed by atoms with van der Waals surface area (Å²) in [6, 6.07) is 10.7. The number of halogens is 2. The molecule has 2 rings (SSSR count). The summed E-state index contributed by atoms with van der Waals surface area (Å²) in [6.45, 7) is 0.284. The Hall–Kier alpha value is -2.41. The molecule has 3 N–H and O–H groups in total. The van der Waals surface area contributed by atoms with E-state index in [-0.39, 0.29) is 12.4 Å². The molecule has 7 heteroatoms. The minimum atomic E-state index is -0.750. The number of rotatable bonds is 5. The predicted octanol–water partition coefficient (Wildman–Crippen LogP) is 3.17. The van der Waals surface area contributed by atoms with Crippen molar-refractivity contribution in [3.63, 3.8) is 0 Å². The van der Waals surface area contributed by atoms with Crippen LogP contribution in [0.25, 0.3) is 0 Å². The highest BCUT2D eigenvalue weighted by Crippen LogP contribution is 2.22. The lowest BCUT2D eigenvalue weighted by Crippen LogP contribution is -2.24. The topological polar surface area (TPSA) is 76.7 Å².